The normalized spacial score (nSPS) is 19.1. The van der Waals surface area contributed by atoms with E-state index in [2.05, 4.69) is 4.98 Å². The first-order valence-corrected chi connectivity index (χ1v) is 9.33. The fourth-order valence-electron chi connectivity index (χ4n) is 4.00. The molecule has 26 heavy (non-hydrogen) atoms. The number of H-pyrrole nitrogens is 1. The highest BCUT2D eigenvalue weighted by Crippen LogP contribution is 2.26. The Balaban J connectivity index is 1.39. The van der Waals surface area contributed by atoms with E-state index in [1.807, 2.05) is 4.90 Å². The monoisotopic (exact) mass is 357 g/mol. The molecule has 0 radical (unpaired) electrons. The van der Waals surface area contributed by atoms with E-state index in [1.165, 1.54) is 6.42 Å². The molecule has 7 heteroatoms. The molecule has 1 aliphatic carbocycles. The van der Waals surface area contributed by atoms with Crippen LogP contribution in [0.2, 0.25) is 0 Å². The van der Waals surface area contributed by atoms with Crippen LogP contribution in [0.4, 0.5) is 0 Å². The minimum absolute atomic E-state index is 0.0967. The molecular weight excluding hydrogens is 334 g/mol. The third-order valence-corrected chi connectivity index (χ3v) is 5.50. The van der Waals surface area contributed by atoms with Gasteiger partial charge in [0.2, 0.25) is 5.91 Å². The fraction of sp³-hybridized carbons (Fsp3) is 0.526. The molecule has 2 amide bonds. The van der Waals surface area contributed by atoms with Gasteiger partial charge in [-0.3, -0.25) is 14.6 Å². The van der Waals surface area contributed by atoms with Crippen LogP contribution in [-0.4, -0.2) is 52.8 Å². The van der Waals surface area contributed by atoms with E-state index < -0.39 is 5.76 Å². The summed E-state index contributed by atoms with van der Waals surface area (Å²) < 4.78 is 5.03. The lowest BCUT2D eigenvalue weighted by Gasteiger charge is -2.37. The number of carbonyl (C=O) groups excluding carboxylic acids is 2. The molecular formula is C19H23N3O4. The lowest BCUT2D eigenvalue weighted by molar-refractivity contribution is -0.138. The smallest absolute Gasteiger partial charge is 0.408 e. The number of rotatable bonds is 2. The molecule has 2 aromatic rings. The third-order valence-electron chi connectivity index (χ3n) is 5.50. The van der Waals surface area contributed by atoms with Crippen molar-refractivity contribution in [3.05, 3.63) is 34.3 Å². The van der Waals surface area contributed by atoms with Gasteiger partial charge in [-0.1, -0.05) is 19.3 Å². The van der Waals surface area contributed by atoms with Gasteiger partial charge in [-0.2, -0.15) is 0 Å². The van der Waals surface area contributed by atoms with Crippen molar-refractivity contribution in [2.45, 2.75) is 32.1 Å². The summed E-state index contributed by atoms with van der Waals surface area (Å²) in [6, 6.07) is 4.96. The Hall–Kier alpha value is -2.57. The van der Waals surface area contributed by atoms with E-state index in [0.29, 0.717) is 42.8 Å². The molecule has 138 valence electrons. The van der Waals surface area contributed by atoms with Gasteiger partial charge in [-0.15, -0.1) is 0 Å². The Labute approximate surface area is 150 Å². The zero-order chi connectivity index (χ0) is 18.1. The summed E-state index contributed by atoms with van der Waals surface area (Å²) in [5.41, 5.74) is 1.45. The van der Waals surface area contributed by atoms with Crippen LogP contribution in [0.15, 0.2) is 27.4 Å². The molecule has 0 bridgehead atoms. The van der Waals surface area contributed by atoms with Crippen LogP contribution in [0.25, 0.3) is 11.1 Å². The van der Waals surface area contributed by atoms with Gasteiger partial charge in [-0.05, 0) is 31.0 Å². The number of nitrogens with one attached hydrogen (secondary N) is 1. The van der Waals surface area contributed by atoms with E-state index in [0.717, 1.165) is 25.7 Å². The third kappa shape index (κ3) is 3.25. The number of aromatic nitrogens is 1. The first kappa shape index (κ1) is 16.9. The Kier molecular flexibility index (Phi) is 4.53. The predicted octanol–water partition coefficient (Wildman–Crippen LogP) is 1.99. The molecule has 1 aliphatic heterocycles. The van der Waals surface area contributed by atoms with Crippen molar-refractivity contribution in [2.75, 3.05) is 26.2 Å². The van der Waals surface area contributed by atoms with Gasteiger partial charge in [0.1, 0.15) is 0 Å². The summed E-state index contributed by atoms with van der Waals surface area (Å²) in [7, 11) is 0. The van der Waals surface area contributed by atoms with Gasteiger partial charge >= 0.3 is 5.76 Å². The van der Waals surface area contributed by atoms with Crippen molar-refractivity contribution in [3.63, 3.8) is 0 Å². The second-order valence-corrected chi connectivity index (χ2v) is 7.18. The Morgan fingerprint density at radius 2 is 1.69 bits per heavy atom. The molecule has 2 aliphatic rings. The molecule has 1 saturated heterocycles. The van der Waals surface area contributed by atoms with Gasteiger partial charge in [0, 0.05) is 37.7 Å². The summed E-state index contributed by atoms with van der Waals surface area (Å²) in [5.74, 6) is -0.197. The largest absolute Gasteiger partial charge is 0.417 e. The van der Waals surface area contributed by atoms with Crippen LogP contribution < -0.4 is 5.76 Å². The number of fused-ring (bicyclic) bond motifs is 1. The van der Waals surface area contributed by atoms with E-state index in [1.54, 1.807) is 23.1 Å². The summed E-state index contributed by atoms with van der Waals surface area (Å²) in [6.45, 7) is 2.24. The molecule has 7 nitrogen and oxygen atoms in total. The zero-order valence-corrected chi connectivity index (χ0v) is 14.7. The average molecular weight is 357 g/mol. The number of hydrogen-bond acceptors (Lipinski definition) is 4. The molecule has 1 saturated carbocycles. The second kappa shape index (κ2) is 6.97. The van der Waals surface area contributed by atoms with Crippen LogP contribution in [0, 0.1) is 5.92 Å². The zero-order valence-electron chi connectivity index (χ0n) is 14.7. The second-order valence-electron chi connectivity index (χ2n) is 7.18. The molecule has 0 spiro atoms. The van der Waals surface area contributed by atoms with Crippen LogP contribution in [0.5, 0.6) is 0 Å². The lowest BCUT2D eigenvalue weighted by atomic mass is 9.88. The molecule has 4 rings (SSSR count). The van der Waals surface area contributed by atoms with Crippen LogP contribution in [-0.2, 0) is 4.79 Å². The van der Waals surface area contributed by atoms with Crippen molar-refractivity contribution in [2.24, 2.45) is 5.92 Å². The Bertz CT molecular complexity index is 870. The van der Waals surface area contributed by atoms with Crippen molar-refractivity contribution in [1.29, 1.82) is 0 Å². The number of nitrogens with zero attached hydrogens (tertiary/aromatic N) is 2. The maximum absolute atomic E-state index is 12.7. The molecule has 2 heterocycles. The number of benzene rings is 1. The van der Waals surface area contributed by atoms with Crippen LogP contribution in [0.1, 0.15) is 42.5 Å². The van der Waals surface area contributed by atoms with Gasteiger partial charge < -0.3 is 14.2 Å². The van der Waals surface area contributed by atoms with Crippen molar-refractivity contribution in [1.82, 2.24) is 14.8 Å². The van der Waals surface area contributed by atoms with E-state index in [4.69, 9.17) is 4.42 Å². The SMILES string of the molecule is O=C(c1ccc2[nH]c(=O)oc2c1)N1CCN(C(=O)C2CCCCC2)CC1. The van der Waals surface area contributed by atoms with Crippen molar-refractivity contribution >= 4 is 22.9 Å². The average Bonchev–Trinajstić information content (AvgIpc) is 3.07. The summed E-state index contributed by atoms with van der Waals surface area (Å²) in [5, 5.41) is 0. The molecule has 0 atom stereocenters. The predicted molar refractivity (Wildman–Crippen MR) is 95.9 cm³/mol. The summed E-state index contributed by atoms with van der Waals surface area (Å²) in [6.07, 6.45) is 5.52. The van der Waals surface area contributed by atoms with E-state index >= 15 is 0 Å². The first-order chi connectivity index (χ1) is 12.6. The molecule has 1 aromatic carbocycles. The van der Waals surface area contributed by atoms with Crippen molar-refractivity contribution in [3.8, 4) is 0 Å². The van der Waals surface area contributed by atoms with E-state index in [-0.39, 0.29) is 17.7 Å². The standard InChI is InChI=1S/C19H23N3O4/c23-17(13-4-2-1-3-5-13)21-8-10-22(11-9-21)18(24)14-6-7-15-16(12-14)26-19(25)20-15/h6-7,12-13H,1-5,8-11H2,(H,20,25). The van der Waals surface area contributed by atoms with Crippen LogP contribution in [0.3, 0.4) is 0 Å². The first-order valence-electron chi connectivity index (χ1n) is 9.33. The highest BCUT2D eigenvalue weighted by Gasteiger charge is 2.30. The van der Waals surface area contributed by atoms with Gasteiger partial charge in [-0.25, -0.2) is 4.79 Å². The maximum Gasteiger partial charge on any atom is 0.417 e. The number of oxazole rings is 1. The Morgan fingerprint density at radius 1 is 1.00 bits per heavy atom. The summed E-state index contributed by atoms with van der Waals surface area (Å²) >= 11 is 0. The highest BCUT2D eigenvalue weighted by atomic mass is 16.4. The maximum atomic E-state index is 12.7. The number of carbonyl (C=O) groups is 2. The minimum atomic E-state index is -0.528. The quantitative estimate of drug-likeness (QED) is 0.890. The summed E-state index contributed by atoms with van der Waals surface area (Å²) in [4.78, 5) is 42.8. The number of hydrogen-bond donors (Lipinski definition) is 1. The molecule has 1 aromatic heterocycles. The fourth-order valence-corrected chi connectivity index (χ4v) is 4.00. The highest BCUT2D eigenvalue weighted by molar-refractivity contribution is 5.97. The number of amides is 2. The van der Waals surface area contributed by atoms with Crippen molar-refractivity contribution < 1.29 is 14.0 Å². The Morgan fingerprint density at radius 3 is 2.42 bits per heavy atom. The topological polar surface area (TPSA) is 86.6 Å². The number of piperazine rings is 1. The lowest BCUT2D eigenvalue weighted by Crippen LogP contribution is -2.52. The molecule has 1 N–H and O–H groups in total. The molecule has 0 unspecified atom stereocenters. The van der Waals surface area contributed by atoms with Gasteiger partial charge in [0.25, 0.3) is 5.91 Å². The van der Waals surface area contributed by atoms with E-state index in [9.17, 15) is 14.4 Å². The molecule has 2 fully saturated rings. The minimum Gasteiger partial charge on any atom is -0.408 e. The van der Waals surface area contributed by atoms with Crippen LogP contribution >= 0.6 is 0 Å². The van der Waals surface area contributed by atoms with Gasteiger partial charge in [0.15, 0.2) is 5.58 Å². The number of aromatic amines is 1. The van der Waals surface area contributed by atoms with Gasteiger partial charge in [0.05, 0.1) is 5.52 Å².